The first-order valence-electron chi connectivity index (χ1n) is 6.66. The van der Waals surface area contributed by atoms with E-state index in [1.807, 2.05) is 32.9 Å². The normalized spacial score (nSPS) is 41.7. The lowest BCUT2D eigenvalue weighted by Crippen LogP contribution is -2.28. The van der Waals surface area contributed by atoms with Crippen LogP contribution in [0.25, 0.3) is 0 Å². The maximum absolute atomic E-state index is 12.1. The van der Waals surface area contributed by atoms with Crippen LogP contribution in [0.2, 0.25) is 0 Å². The van der Waals surface area contributed by atoms with Gasteiger partial charge in [-0.15, -0.1) is 0 Å². The van der Waals surface area contributed by atoms with Crippen molar-refractivity contribution >= 4 is 11.8 Å². The lowest BCUT2D eigenvalue weighted by Gasteiger charge is -2.25. The number of ether oxygens (including phenoxy) is 2. The highest BCUT2D eigenvalue weighted by Crippen LogP contribution is 2.43. The molecule has 4 nitrogen and oxygen atoms in total. The Morgan fingerprint density at radius 1 is 1.26 bits per heavy atom. The first-order chi connectivity index (χ1) is 8.83. The van der Waals surface area contributed by atoms with Crippen LogP contribution in [0.3, 0.4) is 0 Å². The molecule has 4 heteroatoms. The molecule has 0 aromatic carbocycles. The molecule has 0 saturated carbocycles. The van der Waals surface area contributed by atoms with Crippen LogP contribution in [0.5, 0.6) is 0 Å². The van der Waals surface area contributed by atoms with Crippen LogP contribution in [0, 0.1) is 5.41 Å². The number of esters is 1. The molecule has 0 aromatic rings. The van der Waals surface area contributed by atoms with E-state index in [1.165, 1.54) is 0 Å². The van der Waals surface area contributed by atoms with Gasteiger partial charge in [0.1, 0.15) is 6.10 Å². The molecule has 0 amide bonds. The summed E-state index contributed by atoms with van der Waals surface area (Å²) in [6.07, 6.45) is 6.21. The van der Waals surface area contributed by atoms with Gasteiger partial charge < -0.3 is 9.47 Å². The van der Waals surface area contributed by atoms with Gasteiger partial charge in [0.25, 0.3) is 0 Å². The molecule has 0 radical (unpaired) electrons. The van der Waals surface area contributed by atoms with Crippen molar-refractivity contribution in [3.63, 3.8) is 0 Å². The van der Waals surface area contributed by atoms with Crippen molar-refractivity contribution in [1.29, 1.82) is 0 Å². The first-order valence-corrected chi connectivity index (χ1v) is 6.66. The van der Waals surface area contributed by atoms with E-state index in [-0.39, 0.29) is 24.0 Å². The van der Waals surface area contributed by atoms with Crippen molar-refractivity contribution < 1.29 is 19.1 Å². The van der Waals surface area contributed by atoms with Gasteiger partial charge in [0.2, 0.25) is 0 Å². The molecule has 0 unspecified atom stereocenters. The van der Waals surface area contributed by atoms with Gasteiger partial charge in [-0.1, -0.05) is 19.9 Å². The average molecular weight is 262 g/mol. The third kappa shape index (κ3) is 1.94. The van der Waals surface area contributed by atoms with Crippen LogP contribution in [0.1, 0.15) is 33.6 Å². The van der Waals surface area contributed by atoms with Crippen molar-refractivity contribution in [2.45, 2.75) is 51.4 Å². The Kier molecular flexibility index (Phi) is 2.52. The third-order valence-corrected chi connectivity index (χ3v) is 4.36. The summed E-state index contributed by atoms with van der Waals surface area (Å²) in [5, 5.41) is 0. The largest absolute Gasteiger partial charge is 0.454 e. The Labute approximate surface area is 112 Å². The second-order valence-electron chi connectivity index (χ2n) is 6.29. The zero-order chi connectivity index (χ0) is 13.8. The van der Waals surface area contributed by atoms with Crippen LogP contribution in [-0.4, -0.2) is 29.6 Å². The maximum Gasteiger partial charge on any atom is 0.334 e. The van der Waals surface area contributed by atoms with Gasteiger partial charge in [-0.3, -0.25) is 4.79 Å². The lowest BCUT2D eigenvalue weighted by molar-refractivity contribution is -0.142. The summed E-state index contributed by atoms with van der Waals surface area (Å²) < 4.78 is 10.9. The van der Waals surface area contributed by atoms with E-state index in [1.54, 1.807) is 6.08 Å². The van der Waals surface area contributed by atoms with E-state index in [9.17, 15) is 9.59 Å². The summed E-state index contributed by atoms with van der Waals surface area (Å²) in [5.74, 6) is -0.236. The number of epoxide rings is 1. The van der Waals surface area contributed by atoms with Crippen molar-refractivity contribution in [3.05, 3.63) is 23.8 Å². The minimum absolute atomic E-state index is 0.000301. The molecule has 19 heavy (non-hydrogen) atoms. The van der Waals surface area contributed by atoms with E-state index < -0.39 is 11.0 Å². The molecule has 1 fully saturated rings. The molecule has 2 heterocycles. The molecule has 2 aliphatic heterocycles. The van der Waals surface area contributed by atoms with Gasteiger partial charge in [-0.2, -0.15) is 0 Å². The Morgan fingerprint density at radius 3 is 2.74 bits per heavy atom. The molecule has 0 aromatic heterocycles. The van der Waals surface area contributed by atoms with Gasteiger partial charge in [-0.25, -0.2) is 4.79 Å². The SMILES string of the molecule is CC1(C)/C=C\C(=O)[C@@]2(C)O[C@H]2CCC2=C[C@@H]1OC2=O. The van der Waals surface area contributed by atoms with Gasteiger partial charge in [-0.05, 0) is 31.9 Å². The minimum Gasteiger partial charge on any atom is -0.454 e. The monoisotopic (exact) mass is 262 g/mol. The van der Waals surface area contributed by atoms with Gasteiger partial charge in [0.15, 0.2) is 11.4 Å². The molecule has 2 bridgehead atoms. The summed E-state index contributed by atoms with van der Waals surface area (Å²) in [5.41, 5.74) is -0.377. The van der Waals surface area contributed by atoms with Crippen molar-refractivity contribution in [2.75, 3.05) is 0 Å². The molecule has 0 spiro atoms. The summed E-state index contributed by atoms with van der Waals surface area (Å²) in [6.45, 7) is 5.74. The average Bonchev–Trinajstić information content (AvgIpc) is 2.85. The molecule has 102 valence electrons. The van der Waals surface area contributed by atoms with E-state index >= 15 is 0 Å². The Bertz CT molecular complexity index is 514. The van der Waals surface area contributed by atoms with Crippen molar-refractivity contribution in [2.24, 2.45) is 5.41 Å². The summed E-state index contributed by atoms with van der Waals surface area (Å²) >= 11 is 0. The number of carbonyl (C=O) groups is 2. The minimum atomic E-state index is -0.694. The fourth-order valence-electron chi connectivity index (χ4n) is 2.68. The smallest absolute Gasteiger partial charge is 0.334 e. The lowest BCUT2D eigenvalue weighted by atomic mass is 9.85. The number of hydrogen-bond acceptors (Lipinski definition) is 4. The second kappa shape index (κ2) is 3.79. The third-order valence-electron chi connectivity index (χ3n) is 4.36. The van der Waals surface area contributed by atoms with Gasteiger partial charge in [0.05, 0.1) is 6.10 Å². The fourth-order valence-corrected chi connectivity index (χ4v) is 2.68. The van der Waals surface area contributed by atoms with Crippen LogP contribution in [0.15, 0.2) is 23.8 Å². The fraction of sp³-hybridized carbons (Fsp3) is 0.600. The summed E-state index contributed by atoms with van der Waals surface area (Å²) in [4.78, 5) is 23.9. The quantitative estimate of drug-likeness (QED) is 0.494. The summed E-state index contributed by atoms with van der Waals surface area (Å²) in [6, 6.07) is 0. The molecule has 1 aliphatic carbocycles. The molecule has 0 N–H and O–H groups in total. The highest BCUT2D eigenvalue weighted by Gasteiger charge is 2.57. The number of hydrogen-bond donors (Lipinski definition) is 0. The first kappa shape index (κ1) is 12.6. The Balaban J connectivity index is 1.95. The highest BCUT2D eigenvalue weighted by molar-refractivity contribution is 5.99. The Hall–Kier alpha value is -1.42. The van der Waals surface area contributed by atoms with Crippen LogP contribution >= 0.6 is 0 Å². The van der Waals surface area contributed by atoms with Crippen LogP contribution in [0.4, 0.5) is 0 Å². The van der Waals surface area contributed by atoms with E-state index in [4.69, 9.17) is 9.47 Å². The maximum atomic E-state index is 12.1. The van der Waals surface area contributed by atoms with Crippen molar-refractivity contribution in [3.8, 4) is 0 Å². The molecule has 3 aliphatic rings. The molecular formula is C15H18O4. The van der Waals surface area contributed by atoms with E-state index in [0.717, 1.165) is 0 Å². The highest BCUT2D eigenvalue weighted by atomic mass is 16.6. The number of ketones is 1. The molecule has 3 atom stereocenters. The molecule has 3 rings (SSSR count). The number of rotatable bonds is 0. The van der Waals surface area contributed by atoms with Crippen LogP contribution in [-0.2, 0) is 19.1 Å². The predicted molar refractivity (Wildman–Crippen MR) is 68.4 cm³/mol. The van der Waals surface area contributed by atoms with Crippen LogP contribution < -0.4 is 0 Å². The Morgan fingerprint density at radius 2 is 2.00 bits per heavy atom. The van der Waals surface area contributed by atoms with Crippen molar-refractivity contribution in [1.82, 2.24) is 0 Å². The van der Waals surface area contributed by atoms with Gasteiger partial charge in [0, 0.05) is 11.0 Å². The summed E-state index contributed by atoms with van der Waals surface area (Å²) in [7, 11) is 0. The zero-order valence-corrected chi connectivity index (χ0v) is 11.4. The standard InChI is InChI=1S/C15H18O4/c1-14(2)7-6-10(16)15(3)11(19-15)5-4-9-8-12(14)18-13(9)17/h6-8,11-12H,4-5H2,1-3H3/b7-6-/t11-,12-,15+/m0/s1. The number of carbonyl (C=O) groups excluding carboxylic acids is 2. The zero-order valence-electron chi connectivity index (χ0n) is 11.4. The molecule has 1 saturated heterocycles. The van der Waals surface area contributed by atoms with E-state index in [0.29, 0.717) is 18.4 Å². The molecular weight excluding hydrogens is 244 g/mol. The predicted octanol–water partition coefficient (Wildman–Crippen LogP) is 1.94. The second-order valence-corrected chi connectivity index (χ2v) is 6.29. The topological polar surface area (TPSA) is 55.9 Å². The van der Waals surface area contributed by atoms with Gasteiger partial charge >= 0.3 is 5.97 Å². The number of fused-ring (bicyclic) bond motifs is 2. The van der Waals surface area contributed by atoms with E-state index in [2.05, 4.69) is 0 Å².